The minimum atomic E-state index is -2.27. The number of hydrogen-bond donors (Lipinski definition) is 9. The number of cyclic esters (lactones) is 1. The summed E-state index contributed by atoms with van der Waals surface area (Å²) in [5.74, 6) is -7.13. The molecule has 0 unspecified atom stereocenters. The lowest BCUT2D eigenvalue weighted by Crippen LogP contribution is -2.65. The quantitative estimate of drug-likeness (QED) is 0.0708. The first-order chi connectivity index (χ1) is 34.5. The number of carboxylic acids is 2. The van der Waals surface area contributed by atoms with Crippen LogP contribution in [0.25, 0.3) is 0 Å². The molecule has 3 saturated heterocycles. The Balaban J connectivity index is 0.00000130. The van der Waals surface area contributed by atoms with Crippen LogP contribution in [-0.2, 0) is 66.6 Å². The lowest BCUT2D eigenvalue weighted by Gasteiger charge is -2.50. The van der Waals surface area contributed by atoms with Gasteiger partial charge in [-0.1, -0.05) is 38.5 Å². The number of nitrogens with zero attached hydrogens (tertiary/aromatic N) is 1. The highest BCUT2D eigenvalue weighted by molar-refractivity contribution is 5.91. The number of likely N-dealkylation sites (N-methyl/N-ethyl adjacent to an activating group) is 1. The van der Waals surface area contributed by atoms with E-state index in [1.54, 1.807) is 59.7 Å². The average Bonchev–Trinajstić information content (AvgIpc) is 3.33. The van der Waals surface area contributed by atoms with Crippen LogP contribution in [0.5, 0.6) is 0 Å². The molecule has 0 amide bonds. The van der Waals surface area contributed by atoms with E-state index in [0.717, 1.165) is 6.29 Å². The number of carbonyl (C=O) groups is 5. The van der Waals surface area contributed by atoms with E-state index in [1.807, 2.05) is 19.9 Å². The van der Waals surface area contributed by atoms with Gasteiger partial charge in [0.1, 0.15) is 49.0 Å². The number of ether oxygens (including phenoxy) is 9. The molecule has 0 bridgehead atoms. The van der Waals surface area contributed by atoms with Crippen molar-refractivity contribution in [2.24, 2.45) is 23.7 Å². The van der Waals surface area contributed by atoms with Crippen molar-refractivity contribution in [3.8, 4) is 0 Å². The van der Waals surface area contributed by atoms with Crippen LogP contribution in [0.15, 0.2) is 23.8 Å². The molecule has 74 heavy (non-hydrogen) atoms. The molecule has 23 atom stereocenters. The second kappa shape index (κ2) is 29.4. The van der Waals surface area contributed by atoms with Gasteiger partial charge in [0.05, 0.1) is 55.2 Å². The molecule has 4 heterocycles. The first kappa shape index (κ1) is 64.9. The standard InChI is InChI=1S/C46H77NO17.C4H6O6/c1-13-33-30(22-58-45-42(57-12)41(56-11)37(52)26(5)60-45)18-23(2)14-15-31(49)24(3)19-29(16-17-48)39(25(4)32(50)20-34(51)62-33)64-44-38(53)36(47(9)10)40(27(6)61-44)63-35-21-46(8,55)43(54)28(7)59-35;5-1(3(7)8)2(6)4(9)10/h14-15,17-18,24-30,32-33,35-45,50,52-55H,13,16,19-22H2,1-12H3;1-2,5-6H,(H,7,8)(H,9,10)/b15-14+,23-18-;/t24-,25+,26-,27-,28+,29+,30-,32-,33-,35+,36-,37-,38-,39-,40-,41-,42-,43+,44+,45-,46-;1-,2-/m11/s1. The van der Waals surface area contributed by atoms with Crippen LogP contribution < -0.4 is 0 Å². The molecule has 24 nitrogen and oxygen atoms in total. The Hall–Kier alpha value is -3.41. The summed E-state index contributed by atoms with van der Waals surface area (Å²) < 4.78 is 54.7. The number of hydrogen-bond acceptors (Lipinski definition) is 22. The molecule has 0 spiro atoms. The Kier molecular flexibility index (Phi) is 25.7. The van der Waals surface area contributed by atoms with E-state index in [4.69, 9.17) is 63.1 Å². The maximum atomic E-state index is 13.8. The van der Waals surface area contributed by atoms with Gasteiger partial charge in [-0.05, 0) is 73.5 Å². The summed E-state index contributed by atoms with van der Waals surface area (Å²) in [6.07, 6.45) is -13.0. The molecular formula is C50H83NO23. The fraction of sp³-hybridized carbons (Fsp3) is 0.820. The molecule has 9 N–H and O–H groups in total. The number of esters is 1. The van der Waals surface area contributed by atoms with Crippen LogP contribution in [0.3, 0.4) is 0 Å². The second-order valence-electron chi connectivity index (χ2n) is 20.3. The number of aliphatic hydroxyl groups excluding tert-OH is 6. The molecule has 0 aromatic rings. The average molecular weight is 1070 g/mol. The van der Waals surface area contributed by atoms with E-state index in [9.17, 15) is 49.5 Å². The largest absolute Gasteiger partial charge is 0.479 e. The van der Waals surface area contributed by atoms with Gasteiger partial charge in [0.15, 0.2) is 36.9 Å². The number of carbonyl (C=O) groups excluding carboxylic acids is 3. The third kappa shape index (κ3) is 17.3. The minimum Gasteiger partial charge on any atom is -0.479 e. The van der Waals surface area contributed by atoms with Gasteiger partial charge in [-0.25, -0.2) is 9.59 Å². The van der Waals surface area contributed by atoms with Crippen LogP contribution in [0.2, 0.25) is 0 Å². The Morgan fingerprint density at radius 3 is 1.96 bits per heavy atom. The lowest BCUT2D eigenvalue weighted by atomic mass is 9.79. The summed E-state index contributed by atoms with van der Waals surface area (Å²) in [5.41, 5.74) is -0.806. The minimum absolute atomic E-state index is 0.00788. The molecule has 0 radical (unpaired) electrons. The van der Waals surface area contributed by atoms with Crippen LogP contribution in [0, 0.1) is 23.7 Å². The highest BCUT2D eigenvalue weighted by Crippen LogP contribution is 2.37. The first-order valence-corrected chi connectivity index (χ1v) is 25.0. The summed E-state index contributed by atoms with van der Waals surface area (Å²) in [7, 11) is 6.43. The normalized spacial score (nSPS) is 41.9. The van der Waals surface area contributed by atoms with Crippen LogP contribution in [0.1, 0.15) is 87.5 Å². The number of aliphatic carboxylic acids is 2. The number of ketones is 1. The SMILES string of the molecule is CC[C@H]1OC(=O)C[C@@H](O)[C@H](C)[C@@H](O[C@@H]2O[C@H](C)[C@@H](O[C@H]3C[C@@](C)(O)[C@@H](O)[C@H](C)O3)[C@H](N(C)C)[C@H]2O)[C@@H](CC=O)C[C@@H](C)C(=O)/C=C/C(C)=C\[C@@H]1CO[C@@H]1O[C@H](C)[C@@H](O)[C@@H](OC)[C@H]1OC.O=C(O)[C@H](O)[C@@H](O)C(=O)O. The van der Waals surface area contributed by atoms with Gasteiger partial charge in [0.2, 0.25) is 0 Å². The number of rotatable bonds is 16. The number of carboxylic acid groups (broad SMARTS) is 2. The van der Waals surface area contributed by atoms with Crippen molar-refractivity contribution < 1.29 is 113 Å². The van der Waals surface area contributed by atoms with E-state index >= 15 is 0 Å². The van der Waals surface area contributed by atoms with Crippen molar-refractivity contribution in [1.82, 2.24) is 4.90 Å². The van der Waals surface area contributed by atoms with Gasteiger partial charge in [-0.3, -0.25) is 9.59 Å². The summed E-state index contributed by atoms with van der Waals surface area (Å²) in [4.78, 5) is 61.1. The molecule has 0 aromatic carbocycles. The summed E-state index contributed by atoms with van der Waals surface area (Å²) in [6.45, 7) is 13.6. The molecular weight excluding hydrogens is 983 g/mol. The predicted octanol–water partition coefficient (Wildman–Crippen LogP) is -0.289. The number of aliphatic hydroxyl groups is 7. The van der Waals surface area contributed by atoms with Crippen molar-refractivity contribution in [3.63, 3.8) is 0 Å². The Bertz CT molecular complexity index is 1850. The highest BCUT2D eigenvalue weighted by atomic mass is 16.7. The number of methoxy groups -OCH3 is 2. The molecule has 3 fully saturated rings. The first-order valence-electron chi connectivity index (χ1n) is 25.0. The van der Waals surface area contributed by atoms with Gasteiger partial charge in [0.25, 0.3) is 0 Å². The van der Waals surface area contributed by atoms with Crippen molar-refractivity contribution >= 4 is 30.0 Å². The lowest BCUT2D eigenvalue weighted by molar-refractivity contribution is -0.341. The van der Waals surface area contributed by atoms with E-state index in [2.05, 4.69) is 0 Å². The topological polar surface area (TPSA) is 354 Å². The van der Waals surface area contributed by atoms with Crippen molar-refractivity contribution in [3.05, 3.63) is 23.8 Å². The van der Waals surface area contributed by atoms with E-state index in [1.165, 1.54) is 27.2 Å². The van der Waals surface area contributed by atoms with Crippen LogP contribution in [-0.4, -0.2) is 232 Å². The third-order valence-corrected chi connectivity index (χ3v) is 14.2. The molecule has 0 saturated carbocycles. The molecule has 426 valence electrons. The van der Waals surface area contributed by atoms with E-state index in [-0.39, 0.29) is 31.7 Å². The van der Waals surface area contributed by atoms with Gasteiger partial charge >= 0.3 is 17.9 Å². The summed E-state index contributed by atoms with van der Waals surface area (Å²) in [6, 6.07) is -0.748. The predicted molar refractivity (Wildman–Crippen MR) is 258 cm³/mol. The maximum Gasteiger partial charge on any atom is 0.335 e. The molecule has 0 aliphatic carbocycles. The monoisotopic (exact) mass is 1070 g/mol. The van der Waals surface area contributed by atoms with Crippen molar-refractivity contribution in [2.45, 2.75) is 203 Å². The Morgan fingerprint density at radius 2 is 1.43 bits per heavy atom. The summed E-state index contributed by atoms with van der Waals surface area (Å²) >= 11 is 0. The van der Waals surface area contributed by atoms with Crippen LogP contribution in [0.4, 0.5) is 0 Å². The fourth-order valence-electron chi connectivity index (χ4n) is 9.78. The van der Waals surface area contributed by atoms with Gasteiger partial charge in [0, 0.05) is 44.8 Å². The number of allylic oxidation sites excluding steroid dienone is 3. The van der Waals surface area contributed by atoms with Gasteiger partial charge in [-0.15, -0.1) is 0 Å². The highest BCUT2D eigenvalue weighted by Gasteiger charge is 2.52. The molecule has 0 aromatic heterocycles. The molecule has 24 heteroatoms. The third-order valence-electron chi connectivity index (χ3n) is 14.2. The molecule has 4 aliphatic rings. The van der Waals surface area contributed by atoms with Gasteiger partial charge < -0.3 is 98.3 Å². The smallest absolute Gasteiger partial charge is 0.335 e. The molecule has 4 rings (SSSR count). The Labute approximate surface area is 432 Å². The molecule has 4 aliphatic heterocycles. The summed E-state index contributed by atoms with van der Waals surface area (Å²) in [5, 5.41) is 88.3. The zero-order chi connectivity index (χ0) is 56.1. The van der Waals surface area contributed by atoms with E-state index in [0.29, 0.717) is 12.0 Å². The number of aldehydes is 1. The van der Waals surface area contributed by atoms with Crippen LogP contribution >= 0.6 is 0 Å². The van der Waals surface area contributed by atoms with Gasteiger partial charge in [-0.2, -0.15) is 0 Å². The van der Waals surface area contributed by atoms with Crippen molar-refractivity contribution in [1.29, 1.82) is 0 Å². The fourth-order valence-corrected chi connectivity index (χ4v) is 9.78. The zero-order valence-electron chi connectivity index (χ0n) is 44.4. The van der Waals surface area contributed by atoms with E-state index < -0.39 is 164 Å². The van der Waals surface area contributed by atoms with Crippen molar-refractivity contribution in [2.75, 3.05) is 34.9 Å². The second-order valence-corrected chi connectivity index (χ2v) is 20.3. The Morgan fingerprint density at radius 1 is 0.838 bits per heavy atom. The maximum absolute atomic E-state index is 13.8. The zero-order valence-corrected chi connectivity index (χ0v) is 44.4.